The molecule has 1 atom stereocenters. The third-order valence-electron chi connectivity index (χ3n) is 6.78. The Labute approximate surface area is 196 Å². The number of ketones is 1. The molecule has 0 bridgehead atoms. The molecule has 0 aliphatic carbocycles. The number of Topliss-reactive ketones (excluding diaryl/α,β-unsaturated/α-hetero) is 1. The Kier molecular flexibility index (Phi) is 21.2. The van der Waals surface area contributed by atoms with Crippen LogP contribution in [0.15, 0.2) is 0 Å². The zero-order valence-electron chi connectivity index (χ0n) is 21.9. The van der Waals surface area contributed by atoms with Crippen LogP contribution in [0.2, 0.25) is 0 Å². The zero-order valence-corrected chi connectivity index (χ0v) is 21.9. The number of quaternary nitrogens is 1. The number of unbranched alkanes of at least 4 members (excludes halogenated alkanes) is 18. The van der Waals surface area contributed by atoms with E-state index in [0.29, 0.717) is 10.9 Å². The number of carbonyl (C=O) groups excluding carboxylic acids is 1. The van der Waals surface area contributed by atoms with Crippen LogP contribution in [-0.4, -0.2) is 42.2 Å². The predicted octanol–water partition coefficient (Wildman–Crippen LogP) is 8.18. The number of hydrogen-bond donors (Lipinski definition) is 1. The second-order valence-corrected chi connectivity index (χ2v) is 10.5. The summed E-state index contributed by atoms with van der Waals surface area (Å²) < 4.78 is 0.397. The van der Waals surface area contributed by atoms with E-state index in [1.54, 1.807) is 0 Å². The molecule has 3 heteroatoms. The highest BCUT2D eigenvalue weighted by Crippen LogP contribution is 2.15. The summed E-state index contributed by atoms with van der Waals surface area (Å²) in [5.41, 5.74) is 0. The highest BCUT2D eigenvalue weighted by Gasteiger charge is 2.31. The maximum absolute atomic E-state index is 12.2. The Morgan fingerprint density at radius 1 is 0.581 bits per heavy atom. The first-order chi connectivity index (χ1) is 15.0. The summed E-state index contributed by atoms with van der Waals surface area (Å²) in [6, 6.07) is 0. The number of rotatable bonds is 24. The van der Waals surface area contributed by atoms with Gasteiger partial charge in [-0.3, -0.25) is 9.28 Å². The molecule has 0 aromatic carbocycles. The summed E-state index contributed by atoms with van der Waals surface area (Å²) in [5, 5.41) is 10.3. The van der Waals surface area contributed by atoms with E-state index < -0.39 is 6.23 Å². The van der Waals surface area contributed by atoms with Crippen molar-refractivity contribution in [1.29, 1.82) is 0 Å². The van der Waals surface area contributed by atoms with E-state index in [4.69, 9.17) is 0 Å². The Morgan fingerprint density at radius 2 is 0.903 bits per heavy atom. The van der Waals surface area contributed by atoms with E-state index in [9.17, 15) is 9.90 Å². The summed E-state index contributed by atoms with van der Waals surface area (Å²) in [4.78, 5) is 12.2. The molecule has 0 aliphatic rings. The molecule has 1 N–H and O–H groups in total. The Morgan fingerprint density at radius 3 is 1.23 bits per heavy atom. The average Bonchev–Trinajstić information content (AvgIpc) is 2.74. The van der Waals surface area contributed by atoms with Gasteiger partial charge in [-0.2, -0.15) is 0 Å². The first-order valence-corrected chi connectivity index (χ1v) is 14.0. The monoisotopic (exact) mass is 440 g/mol. The largest absolute Gasteiger partial charge is 0.339 e. The lowest BCUT2D eigenvalue weighted by Crippen LogP contribution is -2.53. The lowest BCUT2D eigenvalue weighted by atomic mass is 10.0. The molecule has 186 valence electrons. The van der Waals surface area contributed by atoms with Gasteiger partial charge in [0.2, 0.25) is 5.78 Å². The molecule has 0 amide bonds. The first-order valence-electron chi connectivity index (χ1n) is 14.0. The van der Waals surface area contributed by atoms with Gasteiger partial charge in [0.1, 0.15) is 0 Å². The van der Waals surface area contributed by atoms with Gasteiger partial charge in [0.25, 0.3) is 6.23 Å². The van der Waals surface area contributed by atoms with Crippen molar-refractivity contribution in [2.45, 2.75) is 155 Å². The molecule has 0 rings (SSSR count). The maximum atomic E-state index is 12.2. The molecule has 0 saturated heterocycles. The molecule has 3 nitrogen and oxygen atoms in total. The molecule has 1 unspecified atom stereocenters. The summed E-state index contributed by atoms with van der Waals surface area (Å²) in [7, 11) is 3.89. The number of aliphatic hydroxyl groups is 1. The van der Waals surface area contributed by atoms with Crippen LogP contribution in [-0.2, 0) is 4.79 Å². The Hall–Kier alpha value is -0.410. The minimum atomic E-state index is -0.851. The third-order valence-corrected chi connectivity index (χ3v) is 6.78. The van der Waals surface area contributed by atoms with Gasteiger partial charge in [-0.1, -0.05) is 129 Å². The third kappa shape index (κ3) is 18.8. The minimum Gasteiger partial charge on any atom is -0.339 e. The number of carbonyl (C=O) groups is 1. The number of aliphatic hydroxyl groups excluding tert-OH is 1. The van der Waals surface area contributed by atoms with Gasteiger partial charge in [0.05, 0.1) is 20.6 Å². The fraction of sp³-hybridized carbons (Fsp3) is 0.964. The topological polar surface area (TPSA) is 37.3 Å². The molecule has 0 aromatic heterocycles. The maximum Gasteiger partial charge on any atom is 0.250 e. The summed E-state index contributed by atoms with van der Waals surface area (Å²) in [5.74, 6) is 0.0189. The van der Waals surface area contributed by atoms with Crippen LogP contribution in [0, 0.1) is 0 Å². The van der Waals surface area contributed by atoms with Crippen LogP contribution in [0.4, 0.5) is 0 Å². The highest BCUT2D eigenvalue weighted by molar-refractivity contribution is 5.81. The van der Waals surface area contributed by atoms with Crippen molar-refractivity contribution in [2.24, 2.45) is 0 Å². The lowest BCUT2D eigenvalue weighted by molar-refractivity contribution is -0.926. The molecule has 0 radical (unpaired) electrons. The number of hydrogen-bond acceptors (Lipinski definition) is 2. The molecule has 0 saturated carbocycles. The van der Waals surface area contributed by atoms with Crippen LogP contribution >= 0.6 is 0 Å². The minimum absolute atomic E-state index is 0.0189. The normalized spacial score (nSPS) is 12.9. The quantitative estimate of drug-likeness (QED) is 0.0933. The second kappa shape index (κ2) is 21.4. The van der Waals surface area contributed by atoms with Crippen molar-refractivity contribution < 1.29 is 14.4 Å². The van der Waals surface area contributed by atoms with Crippen LogP contribution in [0.1, 0.15) is 149 Å². The predicted molar refractivity (Wildman–Crippen MR) is 136 cm³/mol. The summed E-state index contributed by atoms with van der Waals surface area (Å²) in [6.07, 6.45) is 26.5. The summed E-state index contributed by atoms with van der Waals surface area (Å²) in [6.45, 7) is 5.22. The van der Waals surface area contributed by atoms with Gasteiger partial charge in [0, 0.05) is 6.42 Å². The van der Waals surface area contributed by atoms with Gasteiger partial charge in [-0.25, -0.2) is 0 Å². The van der Waals surface area contributed by atoms with Crippen LogP contribution in [0.25, 0.3) is 0 Å². The van der Waals surface area contributed by atoms with Gasteiger partial charge >= 0.3 is 0 Å². The van der Waals surface area contributed by atoms with E-state index >= 15 is 0 Å². The standard InChI is InChI=1S/C28H58NO2/c1-5-7-8-9-10-11-12-13-14-15-16-17-18-19-20-21-22-23-24-25-27(30)28(31)29(3,4)26-6-2/h28,31H,5-26H2,1-4H3/q+1. The molecule has 31 heavy (non-hydrogen) atoms. The molecule has 0 aromatic rings. The van der Waals surface area contributed by atoms with Gasteiger partial charge in [-0.15, -0.1) is 0 Å². The number of nitrogens with zero attached hydrogens (tertiary/aromatic N) is 1. The van der Waals surface area contributed by atoms with Gasteiger partial charge in [-0.05, 0) is 12.8 Å². The van der Waals surface area contributed by atoms with E-state index in [1.165, 1.54) is 109 Å². The van der Waals surface area contributed by atoms with Gasteiger partial charge in [0.15, 0.2) is 0 Å². The van der Waals surface area contributed by atoms with Crippen molar-refractivity contribution in [3.05, 3.63) is 0 Å². The lowest BCUT2D eigenvalue weighted by Gasteiger charge is -2.33. The van der Waals surface area contributed by atoms with Crippen LogP contribution < -0.4 is 0 Å². The molecule has 0 heterocycles. The molecule has 0 spiro atoms. The summed E-state index contributed by atoms with van der Waals surface area (Å²) >= 11 is 0. The zero-order chi connectivity index (χ0) is 23.2. The van der Waals surface area contributed by atoms with E-state index in [2.05, 4.69) is 13.8 Å². The Bertz CT molecular complexity index is 394. The van der Waals surface area contributed by atoms with Gasteiger partial charge < -0.3 is 5.11 Å². The molecular weight excluding hydrogens is 382 g/mol. The molecule has 0 fully saturated rings. The van der Waals surface area contributed by atoms with Crippen molar-refractivity contribution in [2.75, 3.05) is 20.6 Å². The van der Waals surface area contributed by atoms with Crippen molar-refractivity contribution in [3.8, 4) is 0 Å². The van der Waals surface area contributed by atoms with Crippen LogP contribution in [0.3, 0.4) is 0 Å². The first kappa shape index (κ1) is 30.6. The number of likely N-dealkylation sites (N-methyl/N-ethyl adjacent to an activating group) is 1. The molecular formula is C28H58NO2+. The van der Waals surface area contributed by atoms with E-state index in [1.807, 2.05) is 14.1 Å². The van der Waals surface area contributed by atoms with Crippen molar-refractivity contribution in [1.82, 2.24) is 0 Å². The van der Waals surface area contributed by atoms with Crippen LogP contribution in [0.5, 0.6) is 0 Å². The fourth-order valence-electron chi connectivity index (χ4n) is 4.60. The van der Waals surface area contributed by atoms with E-state index in [-0.39, 0.29) is 5.78 Å². The fourth-order valence-corrected chi connectivity index (χ4v) is 4.60. The smallest absolute Gasteiger partial charge is 0.250 e. The van der Waals surface area contributed by atoms with Crippen molar-refractivity contribution >= 4 is 5.78 Å². The average molecular weight is 441 g/mol. The van der Waals surface area contributed by atoms with E-state index in [0.717, 1.165) is 25.8 Å². The molecule has 0 aliphatic heterocycles. The Balaban J connectivity index is 3.31. The van der Waals surface area contributed by atoms with Crippen molar-refractivity contribution in [3.63, 3.8) is 0 Å². The highest BCUT2D eigenvalue weighted by atomic mass is 16.3. The second-order valence-electron chi connectivity index (χ2n) is 10.5. The SMILES string of the molecule is CCCCCCCCCCCCCCCCCCCCCC(=O)C(O)[N+](C)(C)CCC.